The smallest absolute Gasteiger partial charge is 0.191 e. The standard InChI is InChI=1S/C9H16N4OS/c1-10-7-6-8(11-4-3-5-14)13-9(12-7)15-2/h6,14H,3-5H2,1-2H3,(H2,10,11,12,13). The van der Waals surface area contributed by atoms with Gasteiger partial charge in [-0.05, 0) is 12.7 Å². The lowest BCUT2D eigenvalue weighted by Gasteiger charge is -2.07. The summed E-state index contributed by atoms with van der Waals surface area (Å²) in [6.07, 6.45) is 2.65. The molecule has 5 nitrogen and oxygen atoms in total. The number of aliphatic hydroxyl groups excluding tert-OH is 1. The lowest BCUT2D eigenvalue weighted by molar-refractivity contribution is 0.292. The normalized spacial score (nSPS) is 10.1. The Morgan fingerprint density at radius 2 is 2.13 bits per heavy atom. The predicted octanol–water partition coefficient (Wildman–Crippen LogP) is 1.03. The van der Waals surface area contributed by atoms with Gasteiger partial charge >= 0.3 is 0 Å². The van der Waals surface area contributed by atoms with Gasteiger partial charge in [0.05, 0.1) is 0 Å². The molecule has 0 aliphatic heterocycles. The average Bonchev–Trinajstić information content (AvgIpc) is 2.29. The zero-order chi connectivity index (χ0) is 11.1. The molecule has 0 aliphatic rings. The Bertz CT molecular complexity index is 286. The molecule has 0 unspecified atom stereocenters. The number of rotatable bonds is 6. The van der Waals surface area contributed by atoms with Crippen LogP contribution in [0.15, 0.2) is 11.2 Å². The van der Waals surface area contributed by atoms with Crippen LogP contribution in [0.25, 0.3) is 0 Å². The fourth-order valence-corrected chi connectivity index (χ4v) is 1.41. The van der Waals surface area contributed by atoms with Crippen LogP contribution in [0.4, 0.5) is 11.6 Å². The van der Waals surface area contributed by atoms with E-state index in [1.807, 2.05) is 19.4 Å². The van der Waals surface area contributed by atoms with Crippen molar-refractivity contribution in [3.63, 3.8) is 0 Å². The van der Waals surface area contributed by atoms with Gasteiger partial charge in [0, 0.05) is 26.3 Å². The van der Waals surface area contributed by atoms with Crippen LogP contribution in [-0.4, -0.2) is 41.5 Å². The molecule has 0 saturated carbocycles. The fourth-order valence-electron chi connectivity index (χ4n) is 1.03. The predicted molar refractivity (Wildman–Crippen MR) is 63.6 cm³/mol. The first-order chi connectivity index (χ1) is 7.30. The van der Waals surface area contributed by atoms with E-state index in [9.17, 15) is 0 Å². The molecule has 0 aliphatic carbocycles. The molecule has 0 atom stereocenters. The summed E-state index contributed by atoms with van der Waals surface area (Å²) in [5.74, 6) is 1.58. The van der Waals surface area contributed by atoms with E-state index in [1.165, 1.54) is 11.8 Å². The molecule has 3 N–H and O–H groups in total. The lowest BCUT2D eigenvalue weighted by Crippen LogP contribution is -2.07. The van der Waals surface area contributed by atoms with Gasteiger partial charge in [-0.3, -0.25) is 0 Å². The quantitative estimate of drug-likeness (QED) is 0.384. The van der Waals surface area contributed by atoms with E-state index >= 15 is 0 Å². The Morgan fingerprint density at radius 1 is 1.40 bits per heavy atom. The number of hydrogen-bond acceptors (Lipinski definition) is 6. The maximum absolute atomic E-state index is 8.66. The van der Waals surface area contributed by atoms with Crippen molar-refractivity contribution < 1.29 is 5.11 Å². The van der Waals surface area contributed by atoms with Gasteiger partial charge in [0.25, 0.3) is 0 Å². The van der Waals surface area contributed by atoms with Gasteiger partial charge in [0.15, 0.2) is 5.16 Å². The summed E-state index contributed by atoms with van der Waals surface area (Å²) in [6.45, 7) is 0.900. The molecule has 0 spiro atoms. The minimum Gasteiger partial charge on any atom is -0.396 e. The van der Waals surface area contributed by atoms with E-state index in [4.69, 9.17) is 5.11 Å². The number of aliphatic hydroxyl groups is 1. The molecule has 84 valence electrons. The molecule has 1 heterocycles. The zero-order valence-corrected chi connectivity index (χ0v) is 9.77. The van der Waals surface area contributed by atoms with Crippen molar-refractivity contribution in [2.75, 3.05) is 37.1 Å². The Kier molecular flexibility index (Phi) is 5.20. The monoisotopic (exact) mass is 228 g/mol. The zero-order valence-electron chi connectivity index (χ0n) is 8.95. The molecule has 1 rings (SSSR count). The van der Waals surface area contributed by atoms with Gasteiger partial charge in [-0.15, -0.1) is 0 Å². The van der Waals surface area contributed by atoms with Crippen molar-refractivity contribution in [1.29, 1.82) is 0 Å². The minimum atomic E-state index is 0.187. The Morgan fingerprint density at radius 3 is 2.73 bits per heavy atom. The van der Waals surface area contributed by atoms with Crippen LogP contribution in [0.2, 0.25) is 0 Å². The van der Waals surface area contributed by atoms with E-state index in [0.717, 1.165) is 16.8 Å². The van der Waals surface area contributed by atoms with E-state index in [1.54, 1.807) is 0 Å². The molecule has 0 radical (unpaired) electrons. The second kappa shape index (κ2) is 6.47. The molecule has 1 aromatic heterocycles. The highest BCUT2D eigenvalue weighted by molar-refractivity contribution is 7.98. The summed E-state index contributed by atoms with van der Waals surface area (Å²) in [6, 6.07) is 1.84. The lowest BCUT2D eigenvalue weighted by atomic mass is 10.4. The molecular weight excluding hydrogens is 212 g/mol. The van der Waals surface area contributed by atoms with Gasteiger partial charge in [0.1, 0.15) is 11.6 Å². The largest absolute Gasteiger partial charge is 0.396 e. The number of anilines is 2. The maximum atomic E-state index is 8.66. The number of aromatic nitrogens is 2. The Hall–Kier alpha value is -1.01. The number of nitrogens with one attached hydrogen (secondary N) is 2. The topological polar surface area (TPSA) is 70.1 Å². The third-order valence-electron chi connectivity index (χ3n) is 1.79. The highest BCUT2D eigenvalue weighted by atomic mass is 32.2. The number of nitrogens with zero attached hydrogens (tertiary/aromatic N) is 2. The van der Waals surface area contributed by atoms with Crippen molar-refractivity contribution in [1.82, 2.24) is 9.97 Å². The van der Waals surface area contributed by atoms with E-state index in [-0.39, 0.29) is 6.61 Å². The SMILES string of the molecule is CNc1cc(NCCCO)nc(SC)n1. The van der Waals surface area contributed by atoms with E-state index < -0.39 is 0 Å². The van der Waals surface area contributed by atoms with Crippen LogP contribution in [0.3, 0.4) is 0 Å². The van der Waals surface area contributed by atoms with Crippen LogP contribution < -0.4 is 10.6 Å². The van der Waals surface area contributed by atoms with Crippen LogP contribution in [0.5, 0.6) is 0 Å². The van der Waals surface area contributed by atoms with Gasteiger partial charge in [0.2, 0.25) is 0 Å². The van der Waals surface area contributed by atoms with Crippen molar-refractivity contribution in [2.45, 2.75) is 11.6 Å². The van der Waals surface area contributed by atoms with Gasteiger partial charge < -0.3 is 15.7 Å². The van der Waals surface area contributed by atoms with E-state index in [2.05, 4.69) is 20.6 Å². The first-order valence-electron chi connectivity index (χ1n) is 4.75. The summed E-state index contributed by atoms with van der Waals surface area (Å²) in [7, 11) is 1.82. The fraction of sp³-hybridized carbons (Fsp3) is 0.556. The van der Waals surface area contributed by atoms with Crippen molar-refractivity contribution in [2.24, 2.45) is 0 Å². The molecule has 0 saturated heterocycles. The second-order valence-electron chi connectivity index (χ2n) is 2.88. The summed E-state index contributed by atoms with van der Waals surface area (Å²) < 4.78 is 0. The van der Waals surface area contributed by atoms with E-state index in [0.29, 0.717) is 13.0 Å². The molecule has 0 bridgehead atoms. The van der Waals surface area contributed by atoms with Crippen LogP contribution in [-0.2, 0) is 0 Å². The molecule has 15 heavy (non-hydrogen) atoms. The Balaban J connectivity index is 2.68. The van der Waals surface area contributed by atoms with Crippen LogP contribution in [0.1, 0.15) is 6.42 Å². The maximum Gasteiger partial charge on any atom is 0.191 e. The molecule has 0 amide bonds. The Labute approximate surface area is 93.7 Å². The van der Waals surface area contributed by atoms with Gasteiger partial charge in [-0.1, -0.05) is 11.8 Å². The van der Waals surface area contributed by atoms with Crippen molar-refractivity contribution >= 4 is 23.4 Å². The third kappa shape index (κ3) is 3.93. The average molecular weight is 228 g/mol. The number of hydrogen-bond donors (Lipinski definition) is 3. The highest BCUT2D eigenvalue weighted by Crippen LogP contribution is 2.16. The summed E-state index contributed by atoms with van der Waals surface area (Å²) in [5.41, 5.74) is 0. The highest BCUT2D eigenvalue weighted by Gasteiger charge is 2.01. The first-order valence-corrected chi connectivity index (χ1v) is 5.98. The summed E-state index contributed by atoms with van der Waals surface area (Å²) >= 11 is 1.50. The first kappa shape index (κ1) is 12.1. The van der Waals surface area contributed by atoms with Crippen molar-refractivity contribution in [3.8, 4) is 0 Å². The van der Waals surface area contributed by atoms with Crippen LogP contribution >= 0.6 is 11.8 Å². The minimum absolute atomic E-state index is 0.187. The van der Waals surface area contributed by atoms with Gasteiger partial charge in [-0.2, -0.15) is 0 Å². The summed E-state index contributed by atoms with van der Waals surface area (Å²) in [4.78, 5) is 8.54. The molecular formula is C9H16N4OS. The van der Waals surface area contributed by atoms with Gasteiger partial charge in [-0.25, -0.2) is 9.97 Å². The molecule has 6 heteroatoms. The second-order valence-corrected chi connectivity index (χ2v) is 3.65. The molecule has 1 aromatic rings. The third-order valence-corrected chi connectivity index (χ3v) is 2.33. The van der Waals surface area contributed by atoms with Crippen molar-refractivity contribution in [3.05, 3.63) is 6.07 Å². The molecule has 0 fully saturated rings. The number of thioether (sulfide) groups is 1. The van der Waals surface area contributed by atoms with Crippen LogP contribution in [0, 0.1) is 0 Å². The summed E-state index contributed by atoms with van der Waals surface area (Å²) in [5, 5.41) is 15.5. The molecule has 0 aromatic carbocycles.